The number of amidine groups is 1. The van der Waals surface area contributed by atoms with Gasteiger partial charge in [-0.1, -0.05) is 12.8 Å². The van der Waals surface area contributed by atoms with Crippen molar-refractivity contribution < 1.29 is 0 Å². The Morgan fingerprint density at radius 3 is 2.33 bits per heavy atom. The van der Waals surface area contributed by atoms with Gasteiger partial charge in [-0.3, -0.25) is 10.3 Å². The van der Waals surface area contributed by atoms with Gasteiger partial charge in [0.25, 0.3) is 0 Å². The molecule has 2 atom stereocenters. The van der Waals surface area contributed by atoms with Crippen LogP contribution in [0, 0.1) is 22.8 Å². The van der Waals surface area contributed by atoms with Crippen molar-refractivity contribution in [2.75, 3.05) is 0 Å². The van der Waals surface area contributed by atoms with Crippen LogP contribution in [0.2, 0.25) is 0 Å². The van der Waals surface area contributed by atoms with E-state index in [9.17, 15) is 0 Å². The smallest absolute Gasteiger partial charge is 0.202 e. The van der Waals surface area contributed by atoms with Gasteiger partial charge in [0.2, 0.25) is 5.96 Å². The topological polar surface area (TPSA) is 136 Å². The van der Waals surface area contributed by atoms with Crippen molar-refractivity contribution in [3.05, 3.63) is 0 Å². The fourth-order valence-electron chi connectivity index (χ4n) is 2.00. The molecule has 1 aliphatic rings. The number of nitrogens with two attached hydrogens (primary N) is 2. The van der Waals surface area contributed by atoms with E-state index in [0.29, 0.717) is 5.84 Å². The van der Waals surface area contributed by atoms with Crippen LogP contribution in [-0.2, 0) is 0 Å². The van der Waals surface area contributed by atoms with Crippen LogP contribution >= 0.6 is 0 Å². The summed E-state index contributed by atoms with van der Waals surface area (Å²) in [4.78, 5) is 8.55. The standard InChI is InChI=1S/C11H17N7/c12-6-5-10(14)17-8-3-1-2-4-9(8)18-11(15)16-7-13/h8-9H,1-5H2,(H2,14,17)(H3,15,16,18). The molecule has 2 unspecified atom stereocenters. The van der Waals surface area contributed by atoms with Crippen molar-refractivity contribution >= 4 is 11.8 Å². The van der Waals surface area contributed by atoms with Crippen LogP contribution in [0.1, 0.15) is 32.1 Å². The fourth-order valence-corrected chi connectivity index (χ4v) is 2.00. The summed E-state index contributed by atoms with van der Waals surface area (Å²) in [5, 5.41) is 19.3. The Morgan fingerprint density at radius 1 is 1.17 bits per heavy atom. The number of hydrogen-bond donors (Lipinski definition) is 3. The number of nitrogens with zero attached hydrogens (tertiary/aromatic N) is 4. The number of aliphatic imine (C=N–C) groups is 2. The molecule has 1 aliphatic carbocycles. The third-order valence-electron chi connectivity index (χ3n) is 2.77. The van der Waals surface area contributed by atoms with E-state index in [0.717, 1.165) is 25.7 Å². The predicted octanol–water partition coefficient (Wildman–Crippen LogP) is -0.0461. The van der Waals surface area contributed by atoms with E-state index in [2.05, 4.69) is 15.3 Å². The molecule has 18 heavy (non-hydrogen) atoms. The second-order valence-corrected chi connectivity index (χ2v) is 4.13. The van der Waals surface area contributed by atoms with Gasteiger partial charge in [0.15, 0.2) is 6.19 Å². The summed E-state index contributed by atoms with van der Waals surface area (Å²) in [6.45, 7) is 0. The molecule has 0 aliphatic heterocycles. The first-order valence-corrected chi connectivity index (χ1v) is 5.85. The Labute approximate surface area is 106 Å². The third kappa shape index (κ3) is 4.30. The first-order chi connectivity index (χ1) is 8.67. The molecule has 1 rings (SSSR count). The van der Waals surface area contributed by atoms with Crippen molar-refractivity contribution in [1.82, 2.24) is 5.32 Å². The molecule has 0 radical (unpaired) electrons. The Balaban J connectivity index is 2.75. The van der Waals surface area contributed by atoms with Gasteiger partial charge in [0, 0.05) is 0 Å². The average molecular weight is 247 g/mol. The maximum atomic E-state index is 8.54. The zero-order valence-corrected chi connectivity index (χ0v) is 10.1. The van der Waals surface area contributed by atoms with E-state index in [1.807, 2.05) is 6.07 Å². The van der Waals surface area contributed by atoms with Crippen molar-refractivity contribution in [3.63, 3.8) is 0 Å². The molecule has 0 aromatic carbocycles. The van der Waals surface area contributed by atoms with Crippen molar-refractivity contribution in [3.8, 4) is 12.3 Å². The molecule has 96 valence electrons. The van der Waals surface area contributed by atoms with Crippen molar-refractivity contribution in [2.45, 2.75) is 44.2 Å². The minimum absolute atomic E-state index is 0.0499. The molecule has 0 amide bonds. The second kappa shape index (κ2) is 7.13. The minimum atomic E-state index is -0.0724. The van der Waals surface area contributed by atoms with Gasteiger partial charge in [-0.15, -0.1) is 0 Å². The van der Waals surface area contributed by atoms with Gasteiger partial charge >= 0.3 is 0 Å². The number of hydrogen-bond acceptors (Lipinski definition) is 4. The van der Waals surface area contributed by atoms with Crippen LogP contribution in [-0.4, -0.2) is 23.9 Å². The van der Waals surface area contributed by atoms with E-state index >= 15 is 0 Å². The predicted molar refractivity (Wildman–Crippen MR) is 68.3 cm³/mol. The molecule has 0 aromatic heterocycles. The van der Waals surface area contributed by atoms with Gasteiger partial charge in [-0.2, -0.15) is 10.5 Å². The van der Waals surface area contributed by atoms with Gasteiger partial charge in [-0.05, 0) is 12.8 Å². The summed E-state index contributed by atoms with van der Waals surface area (Å²) in [5.74, 6) is 0.430. The highest BCUT2D eigenvalue weighted by Crippen LogP contribution is 2.24. The van der Waals surface area contributed by atoms with E-state index in [1.165, 1.54) is 0 Å². The highest BCUT2D eigenvalue weighted by molar-refractivity contribution is 5.82. The Hall–Kier alpha value is -2.28. The SMILES string of the molecule is N#CCC(N)=NC1CCCCC1N=C(N)NC#N. The van der Waals surface area contributed by atoms with E-state index in [4.69, 9.17) is 22.0 Å². The average Bonchev–Trinajstić information content (AvgIpc) is 2.32. The molecule has 7 nitrogen and oxygen atoms in total. The van der Waals surface area contributed by atoms with Gasteiger partial charge < -0.3 is 11.5 Å². The Bertz CT molecular complexity index is 372. The highest BCUT2D eigenvalue weighted by Gasteiger charge is 2.24. The summed E-state index contributed by atoms with van der Waals surface area (Å²) in [6, 6.07) is 1.84. The molecular formula is C11H17N7. The third-order valence-corrected chi connectivity index (χ3v) is 2.77. The van der Waals surface area contributed by atoms with Gasteiger partial charge in [0.05, 0.1) is 24.6 Å². The molecule has 1 saturated carbocycles. The lowest BCUT2D eigenvalue weighted by Crippen LogP contribution is -2.35. The maximum Gasteiger partial charge on any atom is 0.202 e. The van der Waals surface area contributed by atoms with Crippen LogP contribution < -0.4 is 16.8 Å². The lowest BCUT2D eigenvalue weighted by molar-refractivity contribution is 0.387. The van der Waals surface area contributed by atoms with Gasteiger partial charge in [-0.25, -0.2) is 4.99 Å². The normalized spacial score (nSPS) is 25.0. The van der Waals surface area contributed by atoms with Crippen LogP contribution in [0.25, 0.3) is 0 Å². The van der Waals surface area contributed by atoms with Crippen molar-refractivity contribution in [2.24, 2.45) is 21.5 Å². The van der Waals surface area contributed by atoms with Crippen LogP contribution in [0.4, 0.5) is 0 Å². The molecule has 0 saturated heterocycles. The summed E-state index contributed by atoms with van der Waals surface area (Å²) in [6.07, 6.45) is 5.70. The second-order valence-electron chi connectivity index (χ2n) is 4.13. The Morgan fingerprint density at radius 2 is 1.78 bits per heavy atom. The summed E-state index contributed by atoms with van der Waals surface area (Å²) < 4.78 is 0. The van der Waals surface area contributed by atoms with Crippen LogP contribution in [0.3, 0.4) is 0 Å². The van der Waals surface area contributed by atoms with Crippen LogP contribution in [0.5, 0.6) is 0 Å². The van der Waals surface area contributed by atoms with E-state index in [-0.39, 0.29) is 24.5 Å². The Kier molecular flexibility index (Phi) is 5.46. The number of rotatable bonds is 3. The lowest BCUT2D eigenvalue weighted by Gasteiger charge is -2.26. The zero-order valence-electron chi connectivity index (χ0n) is 10.1. The molecule has 5 N–H and O–H groups in total. The van der Waals surface area contributed by atoms with Gasteiger partial charge in [0.1, 0.15) is 5.84 Å². The molecule has 0 aromatic rings. The molecular weight excluding hydrogens is 230 g/mol. The largest absolute Gasteiger partial charge is 0.387 e. The van der Waals surface area contributed by atoms with E-state index in [1.54, 1.807) is 6.19 Å². The monoisotopic (exact) mass is 247 g/mol. The van der Waals surface area contributed by atoms with Crippen LogP contribution in [0.15, 0.2) is 9.98 Å². The molecule has 0 heterocycles. The number of guanidine groups is 1. The zero-order chi connectivity index (χ0) is 13.4. The minimum Gasteiger partial charge on any atom is -0.387 e. The lowest BCUT2D eigenvalue weighted by atomic mass is 9.91. The first-order valence-electron chi connectivity index (χ1n) is 5.85. The van der Waals surface area contributed by atoms with Crippen molar-refractivity contribution in [1.29, 1.82) is 10.5 Å². The molecule has 7 heteroatoms. The number of nitrogens with one attached hydrogen (secondary N) is 1. The summed E-state index contributed by atoms with van der Waals surface area (Å²) >= 11 is 0. The molecule has 0 bridgehead atoms. The molecule has 0 spiro atoms. The fraction of sp³-hybridized carbons (Fsp3) is 0.636. The quantitative estimate of drug-likeness (QED) is 0.278. The van der Waals surface area contributed by atoms with E-state index < -0.39 is 0 Å². The maximum absolute atomic E-state index is 8.54. The number of nitriles is 2. The summed E-state index contributed by atoms with van der Waals surface area (Å²) in [7, 11) is 0. The molecule has 1 fully saturated rings. The first kappa shape index (κ1) is 13.8. The highest BCUT2D eigenvalue weighted by atomic mass is 15.1. The summed E-state index contributed by atoms with van der Waals surface area (Å²) in [5.41, 5.74) is 11.2.